The van der Waals surface area contributed by atoms with Gasteiger partial charge in [0.05, 0.1) is 0 Å². The van der Waals surface area contributed by atoms with Crippen LogP contribution in [0.5, 0.6) is 0 Å². The van der Waals surface area contributed by atoms with Crippen molar-refractivity contribution in [3.8, 4) is 11.8 Å². The van der Waals surface area contributed by atoms with Gasteiger partial charge in [-0.3, -0.25) is 19.1 Å². The van der Waals surface area contributed by atoms with Crippen LogP contribution in [0.25, 0.3) is 0 Å². The molecule has 0 radical (unpaired) electrons. The lowest BCUT2D eigenvalue weighted by molar-refractivity contribution is -0.146. The van der Waals surface area contributed by atoms with E-state index in [1.807, 2.05) is 4.98 Å². The number of hydrogen-bond acceptors (Lipinski definition) is 7. The lowest BCUT2D eigenvalue weighted by Gasteiger charge is -2.19. The zero-order valence-electron chi connectivity index (χ0n) is 14.0. The van der Waals surface area contributed by atoms with Crippen LogP contribution < -0.4 is 11.2 Å². The van der Waals surface area contributed by atoms with Gasteiger partial charge in [-0.05, 0) is 12.8 Å². The van der Waals surface area contributed by atoms with Crippen LogP contribution in [0.2, 0.25) is 0 Å². The van der Waals surface area contributed by atoms with Gasteiger partial charge in [-0.1, -0.05) is 19.8 Å². The van der Waals surface area contributed by atoms with Crippen molar-refractivity contribution in [1.29, 1.82) is 0 Å². The maximum atomic E-state index is 12.2. The zero-order chi connectivity index (χ0) is 18.9. The second kappa shape index (κ2) is 7.33. The largest absolute Gasteiger partial charge is 0.387 e. The number of ketones is 1. The third-order valence-corrected chi connectivity index (χ3v) is 3.94. The number of Topliss-reactive ketones (excluding diaryl/α,β-unsaturated/α-hetero) is 1. The van der Waals surface area contributed by atoms with E-state index in [1.54, 1.807) is 13.8 Å². The van der Waals surface area contributed by atoms with E-state index in [4.69, 9.17) is 4.74 Å². The highest BCUT2D eigenvalue weighted by Gasteiger charge is 2.49. The highest BCUT2D eigenvalue weighted by atomic mass is 16.6. The first-order valence-corrected chi connectivity index (χ1v) is 7.70. The van der Waals surface area contributed by atoms with E-state index in [0.29, 0.717) is 0 Å². The molecule has 0 aromatic carbocycles. The van der Waals surface area contributed by atoms with Crippen molar-refractivity contribution in [2.45, 2.75) is 51.4 Å². The Balaban J connectivity index is 2.40. The molecule has 1 aliphatic rings. The Labute approximate surface area is 142 Å². The van der Waals surface area contributed by atoms with Gasteiger partial charge in [0.15, 0.2) is 12.0 Å². The molecule has 1 aromatic rings. The highest BCUT2D eigenvalue weighted by Crippen LogP contribution is 2.30. The van der Waals surface area contributed by atoms with Crippen LogP contribution in [-0.4, -0.2) is 55.1 Å². The number of aliphatic hydroxyl groups excluding tert-OH is 3. The Morgan fingerprint density at radius 3 is 2.52 bits per heavy atom. The van der Waals surface area contributed by atoms with Crippen molar-refractivity contribution in [3.05, 3.63) is 32.6 Å². The predicted octanol–water partition coefficient (Wildman–Crippen LogP) is -1.89. The molecular formula is C16H20N2O7. The minimum atomic E-state index is -1.63. The summed E-state index contributed by atoms with van der Waals surface area (Å²) in [6.07, 6.45) is -6.46. The molecule has 1 saturated heterocycles. The first-order chi connectivity index (χ1) is 11.7. The number of ether oxygens (including phenoxy) is 1. The van der Waals surface area contributed by atoms with Crippen molar-refractivity contribution in [2.24, 2.45) is 5.92 Å². The summed E-state index contributed by atoms with van der Waals surface area (Å²) in [6, 6.07) is 0. The summed E-state index contributed by atoms with van der Waals surface area (Å²) >= 11 is 0. The molecule has 25 heavy (non-hydrogen) atoms. The number of nitrogens with one attached hydrogen (secondary N) is 1. The molecule has 136 valence electrons. The number of nitrogens with zero attached hydrogens (tertiary/aromatic N) is 1. The first-order valence-electron chi connectivity index (χ1n) is 7.70. The molecule has 1 aromatic heterocycles. The molecule has 5 atom stereocenters. The van der Waals surface area contributed by atoms with E-state index < -0.39 is 53.6 Å². The van der Waals surface area contributed by atoms with E-state index >= 15 is 0 Å². The van der Waals surface area contributed by atoms with Gasteiger partial charge in [0.1, 0.15) is 30.0 Å². The molecule has 0 saturated carbocycles. The van der Waals surface area contributed by atoms with Gasteiger partial charge in [0.2, 0.25) is 0 Å². The van der Waals surface area contributed by atoms with E-state index in [2.05, 4.69) is 11.8 Å². The quantitative estimate of drug-likeness (QED) is 0.464. The molecule has 1 aliphatic heterocycles. The van der Waals surface area contributed by atoms with Gasteiger partial charge in [-0.25, -0.2) is 4.79 Å². The van der Waals surface area contributed by atoms with Gasteiger partial charge in [-0.15, -0.1) is 5.92 Å². The molecule has 0 spiro atoms. The van der Waals surface area contributed by atoms with Crippen LogP contribution in [-0.2, 0) is 9.53 Å². The Morgan fingerprint density at radius 1 is 1.32 bits per heavy atom. The van der Waals surface area contributed by atoms with Gasteiger partial charge >= 0.3 is 5.69 Å². The van der Waals surface area contributed by atoms with Crippen molar-refractivity contribution in [3.63, 3.8) is 0 Å². The predicted molar refractivity (Wildman–Crippen MR) is 85.7 cm³/mol. The minimum absolute atomic E-state index is 0.0376. The Kier molecular flexibility index (Phi) is 5.59. The fourth-order valence-electron chi connectivity index (χ4n) is 2.52. The van der Waals surface area contributed by atoms with Crippen LogP contribution in [0.1, 0.15) is 32.6 Å². The molecular weight excluding hydrogens is 332 g/mol. The Morgan fingerprint density at radius 2 is 1.96 bits per heavy atom. The second-order valence-corrected chi connectivity index (χ2v) is 6.10. The van der Waals surface area contributed by atoms with Crippen LogP contribution in [0.15, 0.2) is 15.8 Å². The number of hydrogen-bond donors (Lipinski definition) is 4. The zero-order valence-corrected chi connectivity index (χ0v) is 14.0. The van der Waals surface area contributed by atoms with Gasteiger partial charge in [-0.2, -0.15) is 0 Å². The number of aromatic nitrogens is 2. The van der Waals surface area contributed by atoms with E-state index in [1.165, 1.54) is 6.92 Å². The van der Waals surface area contributed by atoms with Gasteiger partial charge in [0.25, 0.3) is 5.56 Å². The molecule has 0 amide bonds. The minimum Gasteiger partial charge on any atom is -0.387 e. The van der Waals surface area contributed by atoms with Crippen LogP contribution in [0.3, 0.4) is 0 Å². The number of carbonyl (C=O) groups is 1. The SMILES string of the molecule is CC#Cc1cn([C@@H]2O[C@H](C(=O)C(O)C(C)C)[C@@H](O)[C@@H]2O)c(=O)[nH]c1=O. The molecule has 4 N–H and O–H groups in total. The number of aromatic amines is 1. The standard InChI is InChI=1S/C16H20N2O7/c1-4-5-8-6-18(16(24)17-14(8)23)15-12(22)11(21)13(25-15)10(20)9(19)7(2)3/h6-7,9,11-13,15,19,21-22H,1-3H3,(H,17,23,24)/t9?,11-,12-,13+,15+/m0/s1. The molecule has 0 bridgehead atoms. The second-order valence-electron chi connectivity index (χ2n) is 6.10. The van der Waals surface area contributed by atoms with Crippen molar-refractivity contribution in [2.75, 3.05) is 0 Å². The monoisotopic (exact) mass is 352 g/mol. The molecule has 1 fully saturated rings. The van der Waals surface area contributed by atoms with E-state index in [0.717, 1.165) is 10.8 Å². The number of aliphatic hydroxyl groups is 3. The first kappa shape index (κ1) is 19.1. The average Bonchev–Trinajstić information content (AvgIpc) is 2.84. The van der Waals surface area contributed by atoms with E-state index in [9.17, 15) is 29.7 Å². The third kappa shape index (κ3) is 3.57. The summed E-state index contributed by atoms with van der Waals surface area (Å²) in [5.41, 5.74) is -1.63. The molecule has 2 rings (SSSR count). The summed E-state index contributed by atoms with van der Waals surface area (Å²) in [4.78, 5) is 37.9. The number of rotatable bonds is 4. The summed E-state index contributed by atoms with van der Waals surface area (Å²) in [5.74, 6) is 3.80. The van der Waals surface area contributed by atoms with Crippen molar-refractivity contribution < 1.29 is 24.9 Å². The summed E-state index contributed by atoms with van der Waals surface area (Å²) in [6.45, 7) is 4.72. The molecule has 1 unspecified atom stereocenters. The van der Waals surface area contributed by atoms with Gasteiger partial charge < -0.3 is 20.1 Å². The summed E-state index contributed by atoms with van der Waals surface area (Å²) < 4.78 is 6.19. The van der Waals surface area contributed by atoms with Crippen LogP contribution >= 0.6 is 0 Å². The Bertz CT molecular complexity index is 829. The van der Waals surface area contributed by atoms with Crippen molar-refractivity contribution in [1.82, 2.24) is 9.55 Å². The van der Waals surface area contributed by atoms with Gasteiger partial charge in [0, 0.05) is 6.20 Å². The smallest absolute Gasteiger partial charge is 0.330 e. The number of H-pyrrole nitrogens is 1. The summed E-state index contributed by atoms with van der Waals surface area (Å²) in [7, 11) is 0. The fraction of sp³-hybridized carbons (Fsp3) is 0.562. The molecule has 9 heteroatoms. The third-order valence-electron chi connectivity index (χ3n) is 3.94. The molecule has 0 aliphatic carbocycles. The lowest BCUT2D eigenvalue weighted by Crippen LogP contribution is -2.43. The highest BCUT2D eigenvalue weighted by molar-refractivity contribution is 5.88. The molecule has 2 heterocycles. The van der Waals surface area contributed by atoms with Crippen molar-refractivity contribution >= 4 is 5.78 Å². The fourth-order valence-corrected chi connectivity index (χ4v) is 2.52. The lowest BCUT2D eigenvalue weighted by atomic mass is 9.96. The number of carbonyl (C=O) groups excluding carboxylic acids is 1. The van der Waals surface area contributed by atoms with E-state index in [-0.39, 0.29) is 5.56 Å². The van der Waals surface area contributed by atoms with Crippen LogP contribution in [0, 0.1) is 17.8 Å². The maximum absolute atomic E-state index is 12.2. The normalized spacial score (nSPS) is 27.0. The topological polar surface area (TPSA) is 142 Å². The maximum Gasteiger partial charge on any atom is 0.330 e. The molecule has 9 nitrogen and oxygen atoms in total. The average molecular weight is 352 g/mol. The Hall–Kier alpha value is -2.25. The summed E-state index contributed by atoms with van der Waals surface area (Å²) in [5, 5.41) is 30.1. The van der Waals surface area contributed by atoms with Crippen LogP contribution in [0.4, 0.5) is 0 Å².